The van der Waals surface area contributed by atoms with Crippen LogP contribution in [0.2, 0.25) is 5.02 Å². The van der Waals surface area contributed by atoms with Gasteiger partial charge in [-0.1, -0.05) is 23.7 Å². The van der Waals surface area contributed by atoms with Crippen molar-refractivity contribution in [1.82, 2.24) is 0 Å². The Hall–Kier alpha value is -3.06. The summed E-state index contributed by atoms with van der Waals surface area (Å²) < 4.78 is 15.6. The first kappa shape index (κ1) is 18.3. The number of esters is 1. The lowest BCUT2D eigenvalue weighted by Gasteiger charge is -2.10. The molecule has 130 valence electrons. The molecule has 0 saturated heterocycles. The third-order valence-electron chi connectivity index (χ3n) is 2.95. The molecule has 0 heterocycles. The van der Waals surface area contributed by atoms with E-state index in [2.05, 4.69) is 0 Å². The van der Waals surface area contributed by atoms with Crippen LogP contribution in [0, 0.1) is 10.1 Å². The number of carbonyl (C=O) groups excluding carboxylic acids is 1. The number of carbonyl (C=O) groups is 1. The second-order valence-corrected chi connectivity index (χ2v) is 5.17. The van der Waals surface area contributed by atoms with Crippen LogP contribution >= 0.6 is 11.6 Å². The van der Waals surface area contributed by atoms with Gasteiger partial charge >= 0.3 is 5.97 Å². The van der Waals surface area contributed by atoms with Crippen LogP contribution in [-0.2, 0) is 4.79 Å². The monoisotopic (exact) mass is 363 g/mol. The van der Waals surface area contributed by atoms with Crippen molar-refractivity contribution in [2.24, 2.45) is 0 Å². The van der Waals surface area contributed by atoms with E-state index in [4.69, 9.17) is 25.8 Å². The van der Waals surface area contributed by atoms with E-state index < -0.39 is 10.9 Å². The molecule has 7 nitrogen and oxygen atoms in total. The predicted octanol–water partition coefficient (Wildman–Crippen LogP) is 3.58. The molecule has 0 bridgehead atoms. The van der Waals surface area contributed by atoms with Gasteiger partial charge in [0.2, 0.25) is 6.20 Å². The molecule has 0 N–H and O–H groups in total. The minimum atomic E-state index is -0.633. The molecule has 2 aromatic carbocycles. The molecule has 0 atom stereocenters. The number of ether oxygens (including phenoxy) is 3. The zero-order valence-electron chi connectivity index (χ0n) is 13.2. The Morgan fingerprint density at radius 2 is 2.04 bits per heavy atom. The number of hydrogen-bond donors (Lipinski definition) is 0. The van der Waals surface area contributed by atoms with Crippen LogP contribution in [-0.4, -0.2) is 24.6 Å². The fourth-order valence-corrected chi connectivity index (χ4v) is 2.05. The molecule has 0 unspecified atom stereocenters. The van der Waals surface area contributed by atoms with Crippen LogP contribution in [0.4, 0.5) is 0 Å². The van der Waals surface area contributed by atoms with Gasteiger partial charge in [0.1, 0.15) is 5.75 Å². The maximum atomic E-state index is 11.9. The third kappa shape index (κ3) is 5.82. The maximum Gasteiger partial charge on any atom is 0.349 e. The second kappa shape index (κ2) is 8.70. The van der Waals surface area contributed by atoms with Gasteiger partial charge in [-0.25, -0.2) is 4.79 Å². The van der Waals surface area contributed by atoms with Gasteiger partial charge in [0.15, 0.2) is 18.1 Å². The summed E-state index contributed by atoms with van der Waals surface area (Å²) in [7, 11) is 1.40. The van der Waals surface area contributed by atoms with Gasteiger partial charge in [-0.05, 0) is 35.9 Å². The lowest BCUT2D eigenvalue weighted by atomic mass is 10.2. The molecule has 2 rings (SSSR count). The lowest BCUT2D eigenvalue weighted by Crippen LogP contribution is -2.18. The Bertz CT molecular complexity index is 805. The molecule has 0 radical (unpaired) electrons. The van der Waals surface area contributed by atoms with E-state index in [1.54, 1.807) is 30.3 Å². The Labute approximate surface area is 148 Å². The molecular weight excluding hydrogens is 350 g/mol. The Morgan fingerprint density at radius 1 is 1.24 bits per heavy atom. The number of hydrogen-bond acceptors (Lipinski definition) is 6. The van der Waals surface area contributed by atoms with Crippen molar-refractivity contribution < 1.29 is 23.9 Å². The minimum Gasteiger partial charge on any atom is -0.493 e. The fourth-order valence-electron chi connectivity index (χ4n) is 1.87. The van der Waals surface area contributed by atoms with E-state index >= 15 is 0 Å². The average molecular weight is 364 g/mol. The summed E-state index contributed by atoms with van der Waals surface area (Å²) in [6.45, 7) is -0.313. The summed E-state index contributed by atoms with van der Waals surface area (Å²) >= 11 is 5.83. The highest BCUT2D eigenvalue weighted by molar-refractivity contribution is 6.30. The van der Waals surface area contributed by atoms with Crippen molar-refractivity contribution in [3.8, 4) is 17.2 Å². The molecule has 0 saturated carbocycles. The highest BCUT2D eigenvalue weighted by Gasteiger charge is 2.11. The molecule has 0 fully saturated rings. The highest BCUT2D eigenvalue weighted by Crippen LogP contribution is 2.28. The van der Waals surface area contributed by atoms with Gasteiger partial charge in [0.25, 0.3) is 0 Å². The van der Waals surface area contributed by atoms with E-state index in [1.165, 1.54) is 25.3 Å². The summed E-state index contributed by atoms with van der Waals surface area (Å²) in [6, 6.07) is 11.2. The molecule has 0 aliphatic heterocycles. The summed E-state index contributed by atoms with van der Waals surface area (Å²) in [4.78, 5) is 21.7. The summed E-state index contributed by atoms with van der Waals surface area (Å²) in [5.74, 6) is 0.255. The van der Waals surface area contributed by atoms with Crippen molar-refractivity contribution in [3.05, 3.63) is 69.4 Å². The van der Waals surface area contributed by atoms with Crippen LogP contribution < -0.4 is 14.2 Å². The van der Waals surface area contributed by atoms with Gasteiger partial charge in [0, 0.05) is 11.1 Å². The van der Waals surface area contributed by atoms with Gasteiger partial charge in [-0.15, -0.1) is 0 Å². The number of methoxy groups -OCH3 is 1. The standard InChI is InChI=1S/C17H14ClNO6/c1-23-16-9-12(7-8-19(21)22)5-6-15(16)25-17(20)11-24-14-4-2-3-13(18)10-14/h2-10H,11H2,1H3/b8-7+. The number of benzene rings is 2. The smallest absolute Gasteiger partial charge is 0.349 e. The lowest BCUT2D eigenvalue weighted by molar-refractivity contribution is -0.400. The first-order chi connectivity index (χ1) is 12.0. The van der Waals surface area contributed by atoms with Gasteiger partial charge in [-0.3, -0.25) is 10.1 Å². The van der Waals surface area contributed by atoms with Gasteiger partial charge in [-0.2, -0.15) is 0 Å². The third-order valence-corrected chi connectivity index (χ3v) is 3.19. The molecular formula is C17H14ClNO6. The van der Waals surface area contributed by atoms with Crippen LogP contribution in [0.15, 0.2) is 48.7 Å². The fraction of sp³-hybridized carbons (Fsp3) is 0.118. The van der Waals surface area contributed by atoms with Crippen LogP contribution in [0.1, 0.15) is 5.56 Å². The molecule has 2 aromatic rings. The second-order valence-electron chi connectivity index (χ2n) is 4.73. The zero-order valence-corrected chi connectivity index (χ0v) is 13.9. The molecule has 0 aromatic heterocycles. The summed E-state index contributed by atoms with van der Waals surface area (Å²) in [5.41, 5.74) is 0.531. The van der Waals surface area contributed by atoms with Crippen LogP contribution in [0.25, 0.3) is 6.08 Å². The topological polar surface area (TPSA) is 87.9 Å². The SMILES string of the molecule is COc1cc(/C=C/[N+](=O)[O-])ccc1OC(=O)COc1cccc(Cl)c1. The first-order valence-electron chi connectivity index (χ1n) is 7.06. The Kier molecular flexibility index (Phi) is 6.36. The number of rotatable bonds is 7. The molecule has 0 spiro atoms. The summed E-state index contributed by atoms with van der Waals surface area (Å²) in [6.07, 6.45) is 2.11. The number of nitro groups is 1. The number of nitrogens with zero attached hydrogens (tertiary/aromatic N) is 1. The van der Waals surface area contributed by atoms with E-state index in [-0.39, 0.29) is 18.1 Å². The normalized spacial score (nSPS) is 10.5. The van der Waals surface area contributed by atoms with Gasteiger partial charge < -0.3 is 14.2 Å². The first-order valence-corrected chi connectivity index (χ1v) is 7.44. The highest BCUT2D eigenvalue weighted by atomic mass is 35.5. The predicted molar refractivity (Wildman–Crippen MR) is 91.6 cm³/mol. The van der Waals surface area contributed by atoms with E-state index in [0.717, 1.165) is 6.20 Å². The quantitative estimate of drug-likeness (QED) is 0.323. The average Bonchev–Trinajstić information content (AvgIpc) is 2.59. The molecule has 25 heavy (non-hydrogen) atoms. The molecule has 8 heteroatoms. The Morgan fingerprint density at radius 3 is 2.72 bits per heavy atom. The van der Waals surface area contributed by atoms with Crippen molar-refractivity contribution in [2.45, 2.75) is 0 Å². The largest absolute Gasteiger partial charge is 0.493 e. The van der Waals surface area contributed by atoms with Crippen molar-refractivity contribution >= 4 is 23.6 Å². The maximum absolute atomic E-state index is 11.9. The summed E-state index contributed by atoms with van der Waals surface area (Å²) in [5, 5.41) is 10.8. The van der Waals surface area contributed by atoms with Crippen molar-refractivity contribution in [1.29, 1.82) is 0 Å². The van der Waals surface area contributed by atoms with Crippen molar-refractivity contribution in [2.75, 3.05) is 13.7 Å². The van der Waals surface area contributed by atoms with E-state index in [0.29, 0.717) is 16.3 Å². The van der Waals surface area contributed by atoms with Crippen LogP contribution in [0.3, 0.4) is 0 Å². The van der Waals surface area contributed by atoms with Gasteiger partial charge in [0.05, 0.1) is 12.0 Å². The van der Waals surface area contributed by atoms with Crippen LogP contribution in [0.5, 0.6) is 17.2 Å². The Balaban J connectivity index is 2.01. The van der Waals surface area contributed by atoms with E-state index in [1.807, 2.05) is 0 Å². The molecule has 0 amide bonds. The van der Waals surface area contributed by atoms with Crippen molar-refractivity contribution in [3.63, 3.8) is 0 Å². The van der Waals surface area contributed by atoms with E-state index in [9.17, 15) is 14.9 Å². The molecule has 0 aliphatic carbocycles. The minimum absolute atomic E-state index is 0.181. The number of halogens is 1. The zero-order chi connectivity index (χ0) is 18.2. The molecule has 0 aliphatic rings.